The van der Waals surface area contributed by atoms with Gasteiger partial charge in [-0.1, -0.05) is 31.2 Å². The molecule has 0 atom stereocenters. The maximum absolute atomic E-state index is 4.92. The molecule has 1 aliphatic rings. The minimum absolute atomic E-state index is 0.561. The van der Waals surface area contributed by atoms with Gasteiger partial charge in [-0.3, -0.25) is 9.56 Å². The van der Waals surface area contributed by atoms with Gasteiger partial charge in [0.2, 0.25) is 0 Å². The molecule has 1 aromatic carbocycles. The number of hydrogen-bond acceptors (Lipinski definition) is 4. The van der Waals surface area contributed by atoms with Crippen LogP contribution in [0, 0.1) is 20.8 Å². The lowest BCUT2D eigenvalue weighted by Crippen LogP contribution is -2.07. The largest absolute Gasteiger partial charge is 0.276 e. The fourth-order valence-electron chi connectivity index (χ4n) is 3.18. The molecule has 1 aliphatic heterocycles. The maximum atomic E-state index is 4.92. The highest BCUT2D eigenvalue weighted by Crippen LogP contribution is 2.36. The standard InChI is InChI=1S/C19H20N4S/c1-5-14-6-8-15(9-7-14)18-17-11(2)12(3)24-19(17)23-13(4)21-22-16(23)10-20-18/h6-9H,5,10H2,1-4H3. The SMILES string of the molecule is CCc1ccc(C2=NCc3nnc(C)n3-c3sc(C)c(C)c32)cc1. The van der Waals surface area contributed by atoms with E-state index in [1.165, 1.54) is 32.1 Å². The van der Waals surface area contributed by atoms with E-state index in [0.29, 0.717) is 6.54 Å². The van der Waals surface area contributed by atoms with Crippen LogP contribution in [0.3, 0.4) is 0 Å². The van der Waals surface area contributed by atoms with Crippen molar-refractivity contribution in [3.63, 3.8) is 0 Å². The lowest BCUT2D eigenvalue weighted by Gasteiger charge is -2.09. The van der Waals surface area contributed by atoms with E-state index in [4.69, 9.17) is 4.99 Å². The van der Waals surface area contributed by atoms with Gasteiger partial charge < -0.3 is 0 Å². The molecule has 24 heavy (non-hydrogen) atoms. The molecule has 0 spiro atoms. The maximum Gasteiger partial charge on any atom is 0.160 e. The molecular weight excluding hydrogens is 316 g/mol. The summed E-state index contributed by atoms with van der Waals surface area (Å²) in [5.74, 6) is 1.83. The van der Waals surface area contributed by atoms with E-state index in [1.807, 2.05) is 6.92 Å². The number of aliphatic imine (C=N–C) groups is 1. The van der Waals surface area contributed by atoms with Crippen molar-refractivity contribution in [3.05, 3.63) is 63.0 Å². The second-order valence-corrected chi connectivity index (χ2v) is 7.38. The van der Waals surface area contributed by atoms with Gasteiger partial charge >= 0.3 is 0 Å². The van der Waals surface area contributed by atoms with Crippen LogP contribution in [-0.2, 0) is 13.0 Å². The summed E-state index contributed by atoms with van der Waals surface area (Å²) in [7, 11) is 0. The number of aryl methyl sites for hydroxylation is 3. The third kappa shape index (κ3) is 2.23. The highest BCUT2D eigenvalue weighted by Gasteiger charge is 2.26. The fraction of sp³-hybridized carbons (Fsp3) is 0.316. The fourth-order valence-corrected chi connectivity index (χ4v) is 4.41. The van der Waals surface area contributed by atoms with Crippen LogP contribution in [0.1, 0.15) is 45.7 Å². The Balaban J connectivity index is 1.95. The Morgan fingerprint density at radius 1 is 1.08 bits per heavy atom. The second-order valence-electron chi connectivity index (χ2n) is 6.18. The molecule has 0 saturated heterocycles. The lowest BCUT2D eigenvalue weighted by molar-refractivity contribution is 0.869. The third-order valence-corrected chi connectivity index (χ3v) is 5.91. The summed E-state index contributed by atoms with van der Waals surface area (Å²) in [6.07, 6.45) is 1.05. The quantitative estimate of drug-likeness (QED) is 0.705. The minimum atomic E-state index is 0.561. The molecule has 4 rings (SSSR count). The van der Waals surface area contributed by atoms with Gasteiger partial charge in [0.15, 0.2) is 5.82 Å². The van der Waals surface area contributed by atoms with Crippen molar-refractivity contribution in [2.24, 2.45) is 4.99 Å². The van der Waals surface area contributed by atoms with Gasteiger partial charge in [0.1, 0.15) is 17.4 Å². The highest BCUT2D eigenvalue weighted by atomic mass is 32.1. The summed E-state index contributed by atoms with van der Waals surface area (Å²) in [6, 6.07) is 8.77. The van der Waals surface area contributed by atoms with Gasteiger partial charge in [0, 0.05) is 16.0 Å². The predicted molar refractivity (Wildman–Crippen MR) is 98.6 cm³/mol. The number of benzene rings is 1. The molecule has 0 saturated carbocycles. The number of hydrogen-bond donors (Lipinski definition) is 0. The van der Waals surface area contributed by atoms with Crippen molar-refractivity contribution in [3.8, 4) is 5.00 Å². The molecule has 3 heterocycles. The molecule has 0 radical (unpaired) electrons. The van der Waals surface area contributed by atoms with Crippen LogP contribution in [0.4, 0.5) is 0 Å². The second kappa shape index (κ2) is 5.67. The Kier molecular flexibility index (Phi) is 3.61. The Labute approximate surface area is 145 Å². The number of aromatic nitrogens is 3. The van der Waals surface area contributed by atoms with Gasteiger partial charge in [-0.2, -0.15) is 0 Å². The van der Waals surface area contributed by atoms with E-state index in [0.717, 1.165) is 23.8 Å². The number of thiophene rings is 1. The number of rotatable bonds is 2. The average Bonchev–Trinajstić information content (AvgIpc) is 3.03. The molecule has 3 aromatic rings. The van der Waals surface area contributed by atoms with Crippen LogP contribution >= 0.6 is 11.3 Å². The van der Waals surface area contributed by atoms with Crippen molar-refractivity contribution < 1.29 is 0 Å². The molecular formula is C19H20N4S. The zero-order valence-corrected chi connectivity index (χ0v) is 15.2. The monoisotopic (exact) mass is 336 g/mol. The van der Waals surface area contributed by atoms with Crippen molar-refractivity contribution in [2.75, 3.05) is 0 Å². The summed E-state index contributed by atoms with van der Waals surface area (Å²) in [6.45, 7) is 9.10. The smallest absolute Gasteiger partial charge is 0.160 e. The van der Waals surface area contributed by atoms with Crippen molar-refractivity contribution in [2.45, 2.75) is 40.7 Å². The van der Waals surface area contributed by atoms with Crippen molar-refractivity contribution in [1.82, 2.24) is 14.8 Å². The van der Waals surface area contributed by atoms with Crippen molar-refractivity contribution >= 4 is 17.0 Å². The zero-order chi connectivity index (χ0) is 16.8. The van der Waals surface area contributed by atoms with Crippen LogP contribution in [0.5, 0.6) is 0 Å². The Hall–Kier alpha value is -2.27. The summed E-state index contributed by atoms with van der Waals surface area (Å²) >= 11 is 1.80. The van der Waals surface area contributed by atoms with Gasteiger partial charge in [-0.15, -0.1) is 21.5 Å². The Morgan fingerprint density at radius 2 is 1.83 bits per heavy atom. The topological polar surface area (TPSA) is 43.1 Å². The molecule has 122 valence electrons. The molecule has 0 fully saturated rings. The van der Waals surface area contributed by atoms with Crippen LogP contribution in [-0.4, -0.2) is 20.5 Å². The van der Waals surface area contributed by atoms with Gasteiger partial charge in [0.25, 0.3) is 0 Å². The van der Waals surface area contributed by atoms with Crippen LogP contribution in [0.2, 0.25) is 0 Å². The van der Waals surface area contributed by atoms with Crippen LogP contribution in [0.25, 0.3) is 5.00 Å². The van der Waals surface area contributed by atoms with Crippen molar-refractivity contribution in [1.29, 1.82) is 0 Å². The summed E-state index contributed by atoms with van der Waals surface area (Å²) in [5.41, 5.74) is 6.11. The summed E-state index contributed by atoms with van der Waals surface area (Å²) in [5, 5.41) is 9.76. The van der Waals surface area contributed by atoms with Gasteiger partial charge in [0.05, 0.1) is 5.71 Å². The van der Waals surface area contributed by atoms with E-state index in [9.17, 15) is 0 Å². The molecule has 0 N–H and O–H groups in total. The molecule has 0 amide bonds. The van der Waals surface area contributed by atoms with E-state index in [1.54, 1.807) is 11.3 Å². The molecule has 0 bridgehead atoms. The molecule has 0 aliphatic carbocycles. The molecule has 0 unspecified atom stereocenters. The Morgan fingerprint density at radius 3 is 2.54 bits per heavy atom. The van der Waals surface area contributed by atoms with E-state index >= 15 is 0 Å². The highest BCUT2D eigenvalue weighted by molar-refractivity contribution is 7.15. The average molecular weight is 336 g/mol. The molecule has 2 aromatic heterocycles. The van der Waals surface area contributed by atoms with E-state index < -0.39 is 0 Å². The van der Waals surface area contributed by atoms with Crippen LogP contribution < -0.4 is 0 Å². The first-order valence-corrected chi connectivity index (χ1v) is 9.07. The zero-order valence-electron chi connectivity index (χ0n) is 14.4. The third-order valence-electron chi connectivity index (χ3n) is 4.71. The van der Waals surface area contributed by atoms with E-state index in [-0.39, 0.29) is 0 Å². The normalized spacial score (nSPS) is 13.2. The predicted octanol–water partition coefficient (Wildman–Crippen LogP) is 4.17. The van der Waals surface area contributed by atoms with Gasteiger partial charge in [-0.05, 0) is 38.3 Å². The first-order chi connectivity index (χ1) is 11.6. The first kappa shape index (κ1) is 15.3. The van der Waals surface area contributed by atoms with E-state index in [2.05, 4.69) is 59.8 Å². The minimum Gasteiger partial charge on any atom is -0.276 e. The number of nitrogens with zero attached hydrogens (tertiary/aromatic N) is 4. The molecule has 4 nitrogen and oxygen atoms in total. The Bertz CT molecular complexity index is 945. The first-order valence-electron chi connectivity index (χ1n) is 8.25. The summed E-state index contributed by atoms with van der Waals surface area (Å²) < 4.78 is 2.16. The number of fused-ring (bicyclic) bond motifs is 3. The lowest BCUT2D eigenvalue weighted by atomic mass is 9.98. The molecule has 5 heteroatoms. The van der Waals surface area contributed by atoms with Crippen LogP contribution in [0.15, 0.2) is 29.3 Å². The summed E-state index contributed by atoms with van der Waals surface area (Å²) in [4.78, 5) is 6.24. The van der Waals surface area contributed by atoms with Gasteiger partial charge in [-0.25, -0.2) is 0 Å².